The van der Waals surface area contributed by atoms with Gasteiger partial charge in [-0.3, -0.25) is 4.98 Å². The van der Waals surface area contributed by atoms with Gasteiger partial charge in [0.05, 0.1) is 4.90 Å². The molecule has 1 aromatic carbocycles. The van der Waals surface area contributed by atoms with Gasteiger partial charge in [0.1, 0.15) is 6.04 Å². The number of hydrogen-bond donors (Lipinski definition) is 1. The summed E-state index contributed by atoms with van der Waals surface area (Å²) in [5.74, 6) is 0.496. The molecular formula is C22H28N4O3S. The number of aromatic nitrogens is 3. The molecule has 0 amide bonds. The average molecular weight is 429 g/mol. The van der Waals surface area contributed by atoms with Gasteiger partial charge in [-0.05, 0) is 80.5 Å². The number of pyridine rings is 1. The Morgan fingerprint density at radius 2 is 1.57 bits per heavy atom. The van der Waals surface area contributed by atoms with Crippen molar-refractivity contribution in [3.8, 4) is 11.4 Å². The van der Waals surface area contributed by atoms with E-state index in [0.717, 1.165) is 27.8 Å². The average Bonchev–Trinajstić information content (AvgIpc) is 3.19. The van der Waals surface area contributed by atoms with Crippen LogP contribution in [0.2, 0.25) is 0 Å². The maximum Gasteiger partial charge on any atom is 0.245 e. The number of hydrogen-bond acceptors (Lipinski definition) is 6. The zero-order valence-electron chi connectivity index (χ0n) is 18.4. The van der Waals surface area contributed by atoms with Crippen LogP contribution in [0.4, 0.5) is 0 Å². The van der Waals surface area contributed by atoms with Gasteiger partial charge in [0.2, 0.25) is 21.7 Å². The molecule has 2 aromatic heterocycles. The van der Waals surface area contributed by atoms with E-state index in [1.54, 1.807) is 18.5 Å². The molecule has 7 nitrogen and oxygen atoms in total. The van der Waals surface area contributed by atoms with Crippen LogP contribution in [-0.4, -0.2) is 23.5 Å². The van der Waals surface area contributed by atoms with Gasteiger partial charge in [0.25, 0.3) is 0 Å². The summed E-state index contributed by atoms with van der Waals surface area (Å²) in [6, 6.07) is 2.94. The van der Waals surface area contributed by atoms with Gasteiger partial charge in [0, 0.05) is 18.0 Å². The molecule has 0 saturated carbocycles. The van der Waals surface area contributed by atoms with Crippen LogP contribution in [0.5, 0.6) is 0 Å². The standard InChI is InChI=1S/C22H28N4O3S/c1-12(2)19(22-24-21(25-29-22)18-9-8-10-23-11-18)26-30(27,28)20-16(6)14(4)13(3)15(5)17(20)7/h8-12,19,26H,1-7H3/t19-/m1/s1. The van der Waals surface area contributed by atoms with Crippen LogP contribution in [0.3, 0.4) is 0 Å². The molecule has 8 heteroatoms. The first-order valence-corrected chi connectivity index (χ1v) is 11.4. The van der Waals surface area contributed by atoms with Crippen molar-refractivity contribution < 1.29 is 12.9 Å². The molecule has 0 unspecified atom stereocenters. The lowest BCUT2D eigenvalue weighted by molar-refractivity contribution is 0.311. The van der Waals surface area contributed by atoms with Crippen LogP contribution in [0.1, 0.15) is 53.6 Å². The predicted octanol–water partition coefficient (Wildman–Crippen LogP) is 4.35. The Morgan fingerprint density at radius 3 is 2.10 bits per heavy atom. The summed E-state index contributed by atoms with van der Waals surface area (Å²) in [5, 5.41) is 4.01. The number of benzene rings is 1. The van der Waals surface area contributed by atoms with Crippen LogP contribution in [0, 0.1) is 40.5 Å². The Morgan fingerprint density at radius 1 is 0.967 bits per heavy atom. The third-order valence-corrected chi connectivity index (χ3v) is 7.49. The molecule has 0 fully saturated rings. The molecule has 0 radical (unpaired) electrons. The minimum Gasteiger partial charge on any atom is -0.337 e. The quantitative estimate of drug-likeness (QED) is 0.627. The molecule has 160 valence electrons. The molecule has 30 heavy (non-hydrogen) atoms. The summed E-state index contributed by atoms with van der Waals surface area (Å²) in [5.41, 5.74) is 5.29. The molecule has 0 saturated heterocycles. The molecule has 1 N–H and O–H groups in total. The second-order valence-corrected chi connectivity index (χ2v) is 9.65. The topological polar surface area (TPSA) is 98.0 Å². The summed E-state index contributed by atoms with van der Waals surface area (Å²) in [7, 11) is -3.82. The second-order valence-electron chi connectivity index (χ2n) is 8.00. The van der Waals surface area contributed by atoms with Crippen molar-refractivity contribution in [3.05, 3.63) is 58.2 Å². The fourth-order valence-corrected chi connectivity index (χ4v) is 5.48. The highest BCUT2D eigenvalue weighted by Crippen LogP contribution is 2.32. The normalized spacial score (nSPS) is 13.1. The van der Waals surface area contributed by atoms with E-state index in [4.69, 9.17) is 4.52 Å². The van der Waals surface area contributed by atoms with Gasteiger partial charge in [-0.25, -0.2) is 8.42 Å². The lowest BCUT2D eigenvalue weighted by atomic mass is 9.95. The first-order valence-electron chi connectivity index (χ1n) is 9.87. The Hall–Kier alpha value is -2.58. The van der Waals surface area contributed by atoms with Crippen LogP contribution in [-0.2, 0) is 10.0 Å². The number of sulfonamides is 1. The molecule has 0 aliphatic rings. The highest BCUT2D eigenvalue weighted by Gasteiger charge is 2.31. The van der Waals surface area contributed by atoms with E-state index in [1.807, 2.05) is 54.5 Å². The Kier molecular flexibility index (Phi) is 6.10. The van der Waals surface area contributed by atoms with Crippen LogP contribution < -0.4 is 4.72 Å². The Bertz CT molecular complexity index is 1140. The third-order valence-electron chi connectivity index (χ3n) is 5.78. The van der Waals surface area contributed by atoms with Crippen molar-refractivity contribution in [2.45, 2.75) is 59.4 Å². The minimum atomic E-state index is -3.82. The smallest absolute Gasteiger partial charge is 0.245 e. The van der Waals surface area contributed by atoms with E-state index in [1.165, 1.54) is 0 Å². The molecule has 3 rings (SSSR count). The van der Waals surface area contributed by atoms with Gasteiger partial charge in [-0.15, -0.1) is 0 Å². The minimum absolute atomic E-state index is 0.102. The number of rotatable bonds is 6. The van der Waals surface area contributed by atoms with E-state index >= 15 is 0 Å². The summed E-state index contributed by atoms with van der Waals surface area (Å²) in [4.78, 5) is 8.81. The van der Waals surface area contributed by atoms with Crippen molar-refractivity contribution >= 4 is 10.0 Å². The monoisotopic (exact) mass is 428 g/mol. The molecule has 2 heterocycles. The van der Waals surface area contributed by atoms with Crippen LogP contribution in [0.15, 0.2) is 33.9 Å². The largest absolute Gasteiger partial charge is 0.337 e. The van der Waals surface area contributed by atoms with Crippen molar-refractivity contribution in [1.82, 2.24) is 19.8 Å². The maximum absolute atomic E-state index is 13.4. The van der Waals surface area contributed by atoms with Gasteiger partial charge < -0.3 is 4.52 Å². The highest BCUT2D eigenvalue weighted by atomic mass is 32.2. The Balaban J connectivity index is 2.02. The van der Waals surface area contributed by atoms with E-state index in [9.17, 15) is 8.42 Å². The van der Waals surface area contributed by atoms with Crippen molar-refractivity contribution in [2.75, 3.05) is 0 Å². The molecule has 0 spiro atoms. The molecule has 0 aliphatic heterocycles. The SMILES string of the molecule is Cc1c(C)c(C)c(S(=O)(=O)N[C@@H](c2nc(-c3cccnc3)no2)C(C)C)c(C)c1C. The lowest BCUT2D eigenvalue weighted by Gasteiger charge is -2.23. The summed E-state index contributed by atoms with van der Waals surface area (Å²) >= 11 is 0. The fraction of sp³-hybridized carbons (Fsp3) is 0.409. The first kappa shape index (κ1) is 22.1. The summed E-state index contributed by atoms with van der Waals surface area (Å²) in [6.45, 7) is 13.4. The fourth-order valence-electron chi connectivity index (χ4n) is 3.54. The number of nitrogens with one attached hydrogen (secondary N) is 1. The van der Waals surface area contributed by atoms with E-state index in [0.29, 0.717) is 16.3 Å². The first-order chi connectivity index (χ1) is 14.0. The van der Waals surface area contributed by atoms with E-state index in [2.05, 4.69) is 19.8 Å². The maximum atomic E-state index is 13.4. The lowest BCUT2D eigenvalue weighted by Crippen LogP contribution is -2.33. The van der Waals surface area contributed by atoms with E-state index < -0.39 is 16.1 Å². The van der Waals surface area contributed by atoms with E-state index in [-0.39, 0.29) is 11.8 Å². The molecule has 0 aliphatic carbocycles. The van der Waals surface area contributed by atoms with Gasteiger partial charge in [-0.1, -0.05) is 19.0 Å². The van der Waals surface area contributed by atoms with Crippen molar-refractivity contribution in [1.29, 1.82) is 0 Å². The van der Waals surface area contributed by atoms with Crippen LogP contribution >= 0.6 is 0 Å². The van der Waals surface area contributed by atoms with Crippen molar-refractivity contribution in [3.63, 3.8) is 0 Å². The molecule has 0 bridgehead atoms. The second kappa shape index (κ2) is 8.28. The van der Waals surface area contributed by atoms with Crippen molar-refractivity contribution in [2.24, 2.45) is 5.92 Å². The summed E-state index contributed by atoms with van der Waals surface area (Å²) in [6.07, 6.45) is 3.29. The Labute approximate surface area is 178 Å². The molecule has 3 aromatic rings. The molecule has 1 atom stereocenters. The number of nitrogens with zero attached hydrogens (tertiary/aromatic N) is 3. The zero-order valence-corrected chi connectivity index (χ0v) is 19.3. The van der Waals surface area contributed by atoms with Gasteiger partial charge >= 0.3 is 0 Å². The zero-order chi connectivity index (χ0) is 22.2. The summed E-state index contributed by atoms with van der Waals surface area (Å²) < 4.78 is 35.1. The third kappa shape index (κ3) is 4.02. The highest BCUT2D eigenvalue weighted by molar-refractivity contribution is 7.89. The molecular weight excluding hydrogens is 400 g/mol. The van der Waals surface area contributed by atoms with Gasteiger partial charge in [0.15, 0.2) is 0 Å². The predicted molar refractivity (Wildman–Crippen MR) is 116 cm³/mol. The van der Waals surface area contributed by atoms with Crippen LogP contribution in [0.25, 0.3) is 11.4 Å². The van der Waals surface area contributed by atoms with Gasteiger partial charge in [-0.2, -0.15) is 9.71 Å².